The highest BCUT2D eigenvalue weighted by Gasteiger charge is 2.24. The van der Waals surface area contributed by atoms with Crippen LogP contribution in [0.4, 0.5) is 0 Å². The van der Waals surface area contributed by atoms with E-state index >= 15 is 0 Å². The SMILES string of the molecule is Cc1cc(CN2CCN(C(=O)C(C)CCl)CC2)on1. The molecule has 1 aromatic heterocycles. The van der Waals surface area contributed by atoms with Crippen molar-refractivity contribution < 1.29 is 9.32 Å². The second-order valence-electron chi connectivity index (χ2n) is 5.09. The molecule has 0 radical (unpaired) electrons. The Bertz CT molecular complexity index is 427. The molecule has 5 nitrogen and oxygen atoms in total. The van der Waals surface area contributed by atoms with E-state index in [9.17, 15) is 4.79 Å². The van der Waals surface area contributed by atoms with Gasteiger partial charge in [-0.2, -0.15) is 0 Å². The van der Waals surface area contributed by atoms with Crippen molar-refractivity contribution in [3.63, 3.8) is 0 Å². The summed E-state index contributed by atoms with van der Waals surface area (Å²) < 4.78 is 5.21. The van der Waals surface area contributed by atoms with Gasteiger partial charge in [0.05, 0.1) is 12.2 Å². The van der Waals surface area contributed by atoms with Crippen LogP contribution in [0.1, 0.15) is 18.4 Å². The van der Waals surface area contributed by atoms with Gasteiger partial charge in [0.1, 0.15) is 0 Å². The van der Waals surface area contributed by atoms with Gasteiger partial charge >= 0.3 is 0 Å². The molecule has 0 aromatic carbocycles. The maximum absolute atomic E-state index is 12.0. The molecular formula is C13H20ClN3O2. The number of alkyl halides is 1. The van der Waals surface area contributed by atoms with Crippen molar-refractivity contribution in [2.75, 3.05) is 32.1 Å². The Morgan fingerprint density at radius 1 is 1.47 bits per heavy atom. The van der Waals surface area contributed by atoms with Crippen molar-refractivity contribution in [2.24, 2.45) is 5.92 Å². The number of nitrogens with zero attached hydrogens (tertiary/aromatic N) is 3. The molecular weight excluding hydrogens is 266 g/mol. The Balaban J connectivity index is 1.81. The van der Waals surface area contributed by atoms with Gasteiger partial charge in [-0.15, -0.1) is 11.6 Å². The zero-order valence-electron chi connectivity index (χ0n) is 11.4. The fraction of sp³-hybridized carbons (Fsp3) is 0.692. The predicted molar refractivity (Wildman–Crippen MR) is 73.0 cm³/mol. The van der Waals surface area contributed by atoms with Gasteiger partial charge in [-0.1, -0.05) is 12.1 Å². The lowest BCUT2D eigenvalue weighted by molar-refractivity contribution is -0.136. The summed E-state index contributed by atoms with van der Waals surface area (Å²) in [5.41, 5.74) is 0.903. The molecule has 0 bridgehead atoms. The molecule has 0 spiro atoms. The quantitative estimate of drug-likeness (QED) is 0.787. The number of carbonyl (C=O) groups is 1. The Morgan fingerprint density at radius 3 is 2.68 bits per heavy atom. The monoisotopic (exact) mass is 285 g/mol. The second-order valence-corrected chi connectivity index (χ2v) is 5.40. The van der Waals surface area contributed by atoms with Crippen LogP contribution in [0, 0.1) is 12.8 Å². The molecule has 1 aromatic rings. The number of amides is 1. The van der Waals surface area contributed by atoms with Gasteiger partial charge in [-0.25, -0.2) is 0 Å². The van der Waals surface area contributed by atoms with E-state index in [0.717, 1.165) is 44.2 Å². The van der Waals surface area contributed by atoms with Crippen LogP contribution in [0.15, 0.2) is 10.6 Å². The minimum Gasteiger partial charge on any atom is -0.360 e. The normalized spacial score (nSPS) is 18.6. The van der Waals surface area contributed by atoms with Crippen molar-refractivity contribution >= 4 is 17.5 Å². The van der Waals surface area contributed by atoms with E-state index in [1.165, 1.54) is 0 Å². The summed E-state index contributed by atoms with van der Waals surface area (Å²) in [5, 5.41) is 3.88. The maximum Gasteiger partial charge on any atom is 0.226 e. The van der Waals surface area contributed by atoms with Crippen LogP contribution in [-0.4, -0.2) is 52.9 Å². The lowest BCUT2D eigenvalue weighted by atomic mass is 10.1. The van der Waals surface area contributed by atoms with E-state index in [0.29, 0.717) is 5.88 Å². The zero-order valence-corrected chi connectivity index (χ0v) is 12.2. The molecule has 19 heavy (non-hydrogen) atoms. The number of aromatic nitrogens is 1. The molecule has 0 N–H and O–H groups in total. The molecule has 1 unspecified atom stereocenters. The highest BCUT2D eigenvalue weighted by atomic mass is 35.5. The molecule has 2 rings (SSSR count). The third-order valence-corrected chi connectivity index (χ3v) is 3.86. The standard InChI is InChI=1S/C13H20ClN3O2/c1-10(8-14)13(18)17-5-3-16(4-6-17)9-12-7-11(2)15-19-12/h7,10H,3-6,8-9H2,1-2H3. The first-order chi connectivity index (χ1) is 9.10. The first-order valence-corrected chi connectivity index (χ1v) is 7.13. The van der Waals surface area contributed by atoms with Gasteiger partial charge < -0.3 is 9.42 Å². The Morgan fingerprint density at radius 2 is 2.16 bits per heavy atom. The van der Waals surface area contributed by atoms with Gasteiger partial charge in [0.2, 0.25) is 5.91 Å². The molecule has 1 aliphatic rings. The summed E-state index contributed by atoms with van der Waals surface area (Å²) in [7, 11) is 0. The van der Waals surface area contributed by atoms with Crippen molar-refractivity contribution in [3.05, 3.63) is 17.5 Å². The van der Waals surface area contributed by atoms with E-state index < -0.39 is 0 Å². The molecule has 1 saturated heterocycles. The van der Waals surface area contributed by atoms with Gasteiger partial charge in [0.25, 0.3) is 0 Å². The van der Waals surface area contributed by atoms with Gasteiger partial charge in [-0.3, -0.25) is 9.69 Å². The Hall–Kier alpha value is -1.07. The summed E-state index contributed by atoms with van der Waals surface area (Å²) in [6.45, 7) is 7.78. The number of aryl methyl sites for hydroxylation is 1. The van der Waals surface area contributed by atoms with E-state index in [2.05, 4.69) is 10.1 Å². The maximum atomic E-state index is 12.0. The zero-order chi connectivity index (χ0) is 13.8. The summed E-state index contributed by atoms with van der Waals surface area (Å²) in [6, 6.07) is 1.95. The predicted octanol–water partition coefficient (Wildman–Crippen LogP) is 1.50. The number of rotatable bonds is 4. The lowest BCUT2D eigenvalue weighted by Crippen LogP contribution is -2.49. The number of hydrogen-bond acceptors (Lipinski definition) is 4. The average molecular weight is 286 g/mol. The molecule has 0 saturated carbocycles. The molecule has 2 heterocycles. The van der Waals surface area contributed by atoms with Crippen LogP contribution < -0.4 is 0 Å². The van der Waals surface area contributed by atoms with E-state index in [4.69, 9.17) is 16.1 Å². The van der Waals surface area contributed by atoms with Crippen molar-refractivity contribution in [1.82, 2.24) is 15.0 Å². The van der Waals surface area contributed by atoms with Crippen LogP contribution in [0.3, 0.4) is 0 Å². The first kappa shape index (κ1) is 14.3. The van der Waals surface area contributed by atoms with Crippen LogP contribution in [0.25, 0.3) is 0 Å². The highest BCUT2D eigenvalue weighted by molar-refractivity contribution is 6.19. The molecule has 6 heteroatoms. The van der Waals surface area contributed by atoms with Crippen LogP contribution in [0.2, 0.25) is 0 Å². The number of halogens is 1. The largest absolute Gasteiger partial charge is 0.360 e. The van der Waals surface area contributed by atoms with Crippen LogP contribution >= 0.6 is 11.6 Å². The number of carbonyl (C=O) groups excluding carboxylic acids is 1. The second kappa shape index (κ2) is 6.39. The van der Waals surface area contributed by atoms with Gasteiger partial charge in [0.15, 0.2) is 5.76 Å². The minimum absolute atomic E-state index is 0.0925. The third-order valence-electron chi connectivity index (χ3n) is 3.39. The highest BCUT2D eigenvalue weighted by Crippen LogP contribution is 2.12. The van der Waals surface area contributed by atoms with Crippen molar-refractivity contribution in [1.29, 1.82) is 0 Å². The van der Waals surface area contributed by atoms with Crippen LogP contribution in [-0.2, 0) is 11.3 Å². The topological polar surface area (TPSA) is 49.6 Å². The fourth-order valence-corrected chi connectivity index (χ4v) is 2.35. The fourth-order valence-electron chi connectivity index (χ4n) is 2.22. The molecule has 106 valence electrons. The molecule has 0 aliphatic carbocycles. The molecule has 1 amide bonds. The minimum atomic E-state index is -0.0925. The lowest BCUT2D eigenvalue weighted by Gasteiger charge is -2.35. The van der Waals surface area contributed by atoms with Crippen molar-refractivity contribution in [3.8, 4) is 0 Å². The smallest absolute Gasteiger partial charge is 0.226 e. The molecule has 1 aliphatic heterocycles. The molecule has 1 atom stereocenters. The van der Waals surface area contributed by atoms with Gasteiger partial charge in [0, 0.05) is 44.0 Å². The van der Waals surface area contributed by atoms with Crippen molar-refractivity contribution in [2.45, 2.75) is 20.4 Å². The first-order valence-electron chi connectivity index (χ1n) is 6.59. The van der Waals surface area contributed by atoms with E-state index in [-0.39, 0.29) is 11.8 Å². The van der Waals surface area contributed by atoms with Crippen LogP contribution in [0.5, 0.6) is 0 Å². The summed E-state index contributed by atoms with van der Waals surface area (Å²) in [4.78, 5) is 16.2. The van der Waals surface area contributed by atoms with E-state index in [1.807, 2.05) is 24.8 Å². The number of hydrogen-bond donors (Lipinski definition) is 0. The summed E-state index contributed by atoms with van der Waals surface area (Å²) >= 11 is 5.73. The third kappa shape index (κ3) is 3.70. The van der Waals surface area contributed by atoms with E-state index in [1.54, 1.807) is 0 Å². The Kier molecular flexibility index (Phi) is 4.82. The summed E-state index contributed by atoms with van der Waals surface area (Å²) in [5.74, 6) is 1.33. The average Bonchev–Trinajstić information content (AvgIpc) is 2.83. The summed E-state index contributed by atoms with van der Waals surface area (Å²) in [6.07, 6.45) is 0. The number of piperazine rings is 1. The van der Waals surface area contributed by atoms with Gasteiger partial charge in [-0.05, 0) is 6.92 Å². The molecule has 1 fully saturated rings. The Labute approximate surface area is 118 Å².